The molecule has 0 radical (unpaired) electrons. The van der Waals surface area contributed by atoms with Crippen LogP contribution in [0.2, 0.25) is 0 Å². The zero-order valence-electron chi connectivity index (χ0n) is 15.5. The summed E-state index contributed by atoms with van der Waals surface area (Å²) in [5, 5.41) is 0. The van der Waals surface area contributed by atoms with Gasteiger partial charge in [0, 0.05) is 9.79 Å². The van der Waals surface area contributed by atoms with Gasteiger partial charge in [0.25, 0.3) is 0 Å². The van der Waals surface area contributed by atoms with Crippen LogP contribution in [0, 0.1) is 0 Å². The summed E-state index contributed by atoms with van der Waals surface area (Å²) in [5.74, 6) is 0.475. The molecule has 1 aliphatic heterocycles. The molecule has 1 aliphatic rings. The van der Waals surface area contributed by atoms with Crippen molar-refractivity contribution in [3.8, 4) is 5.75 Å². The highest BCUT2D eigenvalue weighted by Crippen LogP contribution is 2.46. The van der Waals surface area contributed by atoms with Crippen molar-refractivity contribution < 1.29 is 9.53 Å². The van der Waals surface area contributed by atoms with Crippen molar-refractivity contribution in [2.24, 2.45) is 0 Å². The number of esters is 1. The molecule has 2 nitrogen and oxygen atoms in total. The summed E-state index contributed by atoms with van der Waals surface area (Å²) in [5.41, 5.74) is 3.30. The van der Waals surface area contributed by atoms with Crippen LogP contribution < -0.4 is 4.74 Å². The molecule has 4 rings (SSSR count). The average molecular weight is 375 g/mol. The van der Waals surface area contributed by atoms with Gasteiger partial charge in [-0.25, -0.2) is 0 Å². The van der Waals surface area contributed by atoms with Gasteiger partial charge in [0.1, 0.15) is 11.7 Å². The van der Waals surface area contributed by atoms with E-state index in [0.29, 0.717) is 11.7 Å². The molecule has 1 unspecified atom stereocenters. The summed E-state index contributed by atoms with van der Waals surface area (Å²) in [6.45, 7) is 4.38. The average Bonchev–Trinajstić information content (AvgIpc) is 2.71. The molecule has 0 saturated heterocycles. The second-order valence-corrected chi connectivity index (χ2v) is 7.99. The third kappa shape index (κ3) is 3.52. The number of carbonyl (C=O) groups is 1. The number of fused-ring (bicyclic) bond motifs is 2. The molecule has 0 bridgehead atoms. The van der Waals surface area contributed by atoms with Crippen molar-refractivity contribution in [1.82, 2.24) is 0 Å². The van der Waals surface area contributed by atoms with Gasteiger partial charge in [-0.1, -0.05) is 74.1 Å². The van der Waals surface area contributed by atoms with Gasteiger partial charge in [0.15, 0.2) is 0 Å². The van der Waals surface area contributed by atoms with Crippen LogP contribution >= 0.6 is 11.8 Å². The first kappa shape index (κ1) is 17.9. The van der Waals surface area contributed by atoms with E-state index in [1.54, 1.807) is 11.8 Å². The summed E-state index contributed by atoms with van der Waals surface area (Å²) in [6, 6.07) is 24.1. The highest BCUT2D eigenvalue weighted by molar-refractivity contribution is 7.99. The van der Waals surface area contributed by atoms with Crippen LogP contribution in [0.25, 0.3) is 0 Å². The van der Waals surface area contributed by atoms with Gasteiger partial charge in [-0.15, -0.1) is 0 Å². The van der Waals surface area contributed by atoms with E-state index in [2.05, 4.69) is 38.1 Å². The molecule has 0 aliphatic carbocycles. The maximum absolute atomic E-state index is 13.1. The molecule has 3 aromatic carbocycles. The topological polar surface area (TPSA) is 26.3 Å². The second-order valence-electron chi connectivity index (χ2n) is 6.91. The maximum Gasteiger partial charge on any atom is 0.323 e. The van der Waals surface area contributed by atoms with Gasteiger partial charge < -0.3 is 4.74 Å². The lowest BCUT2D eigenvalue weighted by atomic mass is 9.90. The zero-order chi connectivity index (χ0) is 18.8. The summed E-state index contributed by atoms with van der Waals surface area (Å²) in [7, 11) is 0. The molecule has 0 amide bonds. The zero-order valence-corrected chi connectivity index (χ0v) is 16.3. The number of rotatable bonds is 4. The Hall–Kier alpha value is -2.52. The Kier molecular flexibility index (Phi) is 5.04. The predicted molar refractivity (Wildman–Crippen MR) is 110 cm³/mol. The van der Waals surface area contributed by atoms with Crippen LogP contribution in [0.15, 0.2) is 82.6 Å². The lowest BCUT2D eigenvalue weighted by molar-refractivity contribution is -0.135. The molecule has 0 spiro atoms. The minimum absolute atomic E-state index is 0.230. The largest absolute Gasteiger partial charge is 0.426 e. The van der Waals surface area contributed by atoms with Gasteiger partial charge in [0.2, 0.25) is 0 Å². The number of hydrogen-bond acceptors (Lipinski definition) is 3. The molecule has 1 atom stereocenters. The van der Waals surface area contributed by atoms with E-state index < -0.39 is 5.92 Å². The molecular formula is C24H22O2S. The first-order chi connectivity index (χ1) is 13.2. The minimum atomic E-state index is -0.395. The fraction of sp³-hybridized carbons (Fsp3) is 0.208. The van der Waals surface area contributed by atoms with Crippen molar-refractivity contribution in [1.29, 1.82) is 0 Å². The molecule has 3 heteroatoms. The Labute approximate surface area is 164 Å². The Bertz CT molecular complexity index is 917. The first-order valence-electron chi connectivity index (χ1n) is 9.34. The molecule has 0 fully saturated rings. The van der Waals surface area contributed by atoms with Crippen molar-refractivity contribution in [2.75, 3.05) is 0 Å². The van der Waals surface area contributed by atoms with E-state index in [1.807, 2.05) is 48.5 Å². The van der Waals surface area contributed by atoms with E-state index in [4.69, 9.17) is 4.74 Å². The van der Waals surface area contributed by atoms with Crippen LogP contribution in [0.3, 0.4) is 0 Å². The Morgan fingerprint density at radius 1 is 0.926 bits per heavy atom. The molecule has 136 valence electrons. The number of benzene rings is 3. The Balaban J connectivity index is 1.64. The lowest BCUT2D eigenvalue weighted by Gasteiger charge is -2.26. The summed E-state index contributed by atoms with van der Waals surface area (Å²) in [4.78, 5) is 15.4. The lowest BCUT2D eigenvalue weighted by Crippen LogP contribution is -2.22. The van der Waals surface area contributed by atoms with E-state index in [9.17, 15) is 4.79 Å². The molecule has 0 N–H and O–H groups in total. The Morgan fingerprint density at radius 2 is 1.48 bits per heavy atom. The standard InChI is InChI=1S/C24H22O2S/c1-3-16(2)17-12-14-18(15-13-17)26-24(25)23-19-8-4-6-10-21(19)27-22-11-7-5-9-20(22)23/h4-16,23H,3H2,1-2H3. The fourth-order valence-electron chi connectivity index (χ4n) is 3.44. The highest BCUT2D eigenvalue weighted by atomic mass is 32.2. The van der Waals surface area contributed by atoms with Gasteiger partial charge in [-0.3, -0.25) is 4.79 Å². The van der Waals surface area contributed by atoms with Crippen molar-refractivity contribution in [3.63, 3.8) is 0 Å². The molecule has 1 heterocycles. The highest BCUT2D eigenvalue weighted by Gasteiger charge is 2.32. The third-order valence-corrected chi connectivity index (χ3v) is 6.38. The third-order valence-electron chi connectivity index (χ3n) is 5.20. The predicted octanol–water partition coefficient (Wildman–Crippen LogP) is 6.40. The monoisotopic (exact) mass is 374 g/mol. The van der Waals surface area contributed by atoms with Crippen LogP contribution in [0.4, 0.5) is 0 Å². The molecule has 0 aromatic heterocycles. The van der Waals surface area contributed by atoms with Crippen molar-refractivity contribution in [2.45, 2.75) is 41.9 Å². The Morgan fingerprint density at radius 3 is 2.04 bits per heavy atom. The molecule has 27 heavy (non-hydrogen) atoms. The van der Waals surface area contributed by atoms with E-state index >= 15 is 0 Å². The van der Waals surface area contributed by atoms with E-state index in [1.165, 1.54) is 5.56 Å². The molecular weight excluding hydrogens is 352 g/mol. The molecule has 3 aromatic rings. The number of carbonyl (C=O) groups excluding carboxylic acids is 1. The summed E-state index contributed by atoms with van der Waals surface area (Å²) in [6.07, 6.45) is 1.09. The van der Waals surface area contributed by atoms with Crippen LogP contribution in [-0.4, -0.2) is 5.97 Å². The fourth-order valence-corrected chi connectivity index (χ4v) is 4.58. The normalized spacial score (nSPS) is 14.1. The van der Waals surface area contributed by atoms with Gasteiger partial charge in [-0.05, 0) is 53.3 Å². The second kappa shape index (κ2) is 7.61. The first-order valence-corrected chi connectivity index (χ1v) is 10.2. The number of ether oxygens (including phenoxy) is 1. The van der Waals surface area contributed by atoms with Crippen LogP contribution in [-0.2, 0) is 4.79 Å². The van der Waals surface area contributed by atoms with Crippen molar-refractivity contribution in [3.05, 3.63) is 89.5 Å². The van der Waals surface area contributed by atoms with E-state index in [-0.39, 0.29) is 5.97 Å². The summed E-state index contributed by atoms with van der Waals surface area (Å²) < 4.78 is 5.79. The minimum Gasteiger partial charge on any atom is -0.426 e. The van der Waals surface area contributed by atoms with Crippen molar-refractivity contribution >= 4 is 17.7 Å². The van der Waals surface area contributed by atoms with Gasteiger partial charge in [-0.2, -0.15) is 0 Å². The van der Waals surface area contributed by atoms with Gasteiger partial charge in [0.05, 0.1) is 0 Å². The van der Waals surface area contributed by atoms with Crippen LogP contribution in [0.5, 0.6) is 5.75 Å². The quantitative estimate of drug-likeness (QED) is 0.390. The van der Waals surface area contributed by atoms with Gasteiger partial charge >= 0.3 is 5.97 Å². The maximum atomic E-state index is 13.1. The van der Waals surface area contributed by atoms with Crippen LogP contribution in [0.1, 0.15) is 48.8 Å². The molecule has 0 saturated carbocycles. The smallest absolute Gasteiger partial charge is 0.323 e. The number of hydrogen-bond donors (Lipinski definition) is 0. The summed E-state index contributed by atoms with van der Waals surface area (Å²) >= 11 is 1.71. The SMILES string of the molecule is CCC(C)c1ccc(OC(=O)C2c3ccccc3Sc3ccccc32)cc1. The van der Waals surface area contributed by atoms with E-state index in [0.717, 1.165) is 27.3 Å².